The molecular formula is C21H41N3O3S. The number of amides is 2. The summed E-state index contributed by atoms with van der Waals surface area (Å²) in [5.74, 6) is -0.124. The minimum atomic E-state index is -0.758. The second-order valence-electron chi connectivity index (χ2n) is 8.58. The zero-order chi connectivity index (χ0) is 22.2. The molecule has 0 radical (unpaired) electrons. The highest BCUT2D eigenvalue weighted by Gasteiger charge is 2.38. The van der Waals surface area contributed by atoms with Crippen molar-refractivity contribution in [3.05, 3.63) is 0 Å². The van der Waals surface area contributed by atoms with Crippen LogP contribution in [0.4, 0.5) is 0 Å². The van der Waals surface area contributed by atoms with E-state index >= 15 is 0 Å². The SMILES string of the molecule is CC[C@H](C)[C@@H]([C@@H](CC(C)=S)OC)N(C)C(=O)[C@@H](NC(=O)C(C)(C)NC)C(C)C. The molecule has 4 atom stereocenters. The molecule has 0 aliphatic rings. The van der Waals surface area contributed by atoms with Gasteiger partial charge >= 0.3 is 0 Å². The summed E-state index contributed by atoms with van der Waals surface area (Å²) in [5.41, 5.74) is -0.758. The molecule has 0 aromatic rings. The minimum absolute atomic E-state index is 0.0441. The fraction of sp³-hybridized carbons (Fsp3) is 0.857. The van der Waals surface area contributed by atoms with E-state index in [4.69, 9.17) is 17.0 Å². The first-order valence-corrected chi connectivity index (χ1v) is 10.5. The number of nitrogens with one attached hydrogen (secondary N) is 2. The lowest BCUT2D eigenvalue weighted by Crippen LogP contribution is -2.60. The van der Waals surface area contributed by atoms with Crippen molar-refractivity contribution in [1.82, 2.24) is 15.5 Å². The number of rotatable bonds is 12. The summed E-state index contributed by atoms with van der Waals surface area (Å²) in [6.45, 7) is 13.6. The molecule has 0 bridgehead atoms. The number of methoxy groups -OCH3 is 1. The van der Waals surface area contributed by atoms with Crippen LogP contribution in [0.15, 0.2) is 0 Å². The Morgan fingerprint density at radius 2 is 1.75 bits per heavy atom. The van der Waals surface area contributed by atoms with Crippen LogP contribution in [0.3, 0.4) is 0 Å². The molecule has 2 N–H and O–H groups in total. The second-order valence-corrected chi connectivity index (χ2v) is 9.27. The Morgan fingerprint density at radius 1 is 1.21 bits per heavy atom. The maximum Gasteiger partial charge on any atom is 0.245 e. The molecule has 0 saturated heterocycles. The first-order valence-electron chi connectivity index (χ1n) is 10.1. The topological polar surface area (TPSA) is 70.7 Å². The molecule has 0 aromatic heterocycles. The van der Waals surface area contributed by atoms with E-state index in [1.54, 1.807) is 40.0 Å². The molecule has 0 heterocycles. The fourth-order valence-corrected chi connectivity index (χ4v) is 3.35. The summed E-state index contributed by atoms with van der Waals surface area (Å²) in [6.07, 6.45) is 1.34. The van der Waals surface area contributed by atoms with Crippen molar-refractivity contribution >= 4 is 28.9 Å². The predicted molar refractivity (Wildman–Crippen MR) is 120 cm³/mol. The third-order valence-electron chi connectivity index (χ3n) is 5.61. The fourth-order valence-electron chi connectivity index (χ4n) is 3.18. The molecule has 0 saturated carbocycles. The van der Waals surface area contributed by atoms with Crippen LogP contribution in [0.5, 0.6) is 0 Å². The largest absolute Gasteiger partial charge is 0.379 e. The normalized spacial score (nSPS) is 16.2. The second kappa shape index (κ2) is 11.8. The van der Waals surface area contributed by atoms with Gasteiger partial charge in [0.2, 0.25) is 11.8 Å². The van der Waals surface area contributed by atoms with Crippen LogP contribution in [0.2, 0.25) is 0 Å². The molecule has 0 unspecified atom stereocenters. The van der Waals surface area contributed by atoms with Gasteiger partial charge in [-0.25, -0.2) is 0 Å². The van der Waals surface area contributed by atoms with Gasteiger partial charge in [-0.1, -0.05) is 46.3 Å². The van der Waals surface area contributed by atoms with Gasteiger partial charge in [0.15, 0.2) is 0 Å². The highest BCUT2D eigenvalue weighted by Crippen LogP contribution is 2.23. The zero-order valence-corrected chi connectivity index (χ0v) is 20.2. The minimum Gasteiger partial charge on any atom is -0.379 e. The van der Waals surface area contributed by atoms with E-state index < -0.39 is 11.6 Å². The van der Waals surface area contributed by atoms with Gasteiger partial charge in [0.05, 0.1) is 17.7 Å². The van der Waals surface area contributed by atoms with Gasteiger partial charge in [-0.15, -0.1) is 0 Å². The maximum absolute atomic E-state index is 13.4. The van der Waals surface area contributed by atoms with E-state index in [2.05, 4.69) is 24.5 Å². The molecule has 0 aliphatic heterocycles. The summed E-state index contributed by atoms with van der Waals surface area (Å²) in [6, 6.07) is -0.737. The van der Waals surface area contributed by atoms with Crippen LogP contribution in [-0.4, -0.2) is 66.5 Å². The molecule has 164 valence electrons. The van der Waals surface area contributed by atoms with Crippen LogP contribution in [0, 0.1) is 11.8 Å². The molecule has 6 nitrogen and oxygen atoms in total. The Hall–Kier alpha value is -1.05. The molecular weight excluding hydrogens is 374 g/mol. The molecule has 0 aliphatic carbocycles. The van der Waals surface area contributed by atoms with E-state index in [-0.39, 0.29) is 35.8 Å². The summed E-state index contributed by atoms with van der Waals surface area (Å²) >= 11 is 5.29. The third kappa shape index (κ3) is 7.41. The Labute approximate surface area is 177 Å². The van der Waals surface area contributed by atoms with Crippen molar-refractivity contribution in [3.63, 3.8) is 0 Å². The Morgan fingerprint density at radius 3 is 2.11 bits per heavy atom. The molecule has 0 spiro atoms. The first-order chi connectivity index (χ1) is 12.8. The van der Waals surface area contributed by atoms with Crippen molar-refractivity contribution in [2.45, 2.75) is 85.0 Å². The molecule has 7 heteroatoms. The summed E-state index contributed by atoms with van der Waals surface area (Å²) < 4.78 is 5.73. The van der Waals surface area contributed by atoms with Gasteiger partial charge < -0.3 is 20.3 Å². The number of hydrogen-bond donors (Lipinski definition) is 2. The molecule has 2 amide bonds. The van der Waals surface area contributed by atoms with Crippen LogP contribution < -0.4 is 10.6 Å². The van der Waals surface area contributed by atoms with Gasteiger partial charge in [-0.2, -0.15) is 0 Å². The maximum atomic E-state index is 13.4. The van der Waals surface area contributed by atoms with Crippen LogP contribution in [0.1, 0.15) is 61.3 Å². The van der Waals surface area contributed by atoms with Crippen LogP contribution in [-0.2, 0) is 14.3 Å². The van der Waals surface area contributed by atoms with Gasteiger partial charge in [0.25, 0.3) is 0 Å². The van der Waals surface area contributed by atoms with Crippen molar-refractivity contribution in [1.29, 1.82) is 0 Å². The highest BCUT2D eigenvalue weighted by molar-refractivity contribution is 7.80. The summed E-state index contributed by atoms with van der Waals surface area (Å²) in [4.78, 5) is 28.7. The lowest BCUT2D eigenvalue weighted by atomic mass is 9.89. The van der Waals surface area contributed by atoms with Gasteiger partial charge in [-0.3, -0.25) is 9.59 Å². The lowest BCUT2D eigenvalue weighted by Gasteiger charge is -2.40. The number of nitrogens with zero attached hydrogens (tertiary/aromatic N) is 1. The number of carbonyl (C=O) groups excluding carboxylic acids is 2. The van der Waals surface area contributed by atoms with Crippen molar-refractivity contribution < 1.29 is 14.3 Å². The first kappa shape index (κ1) is 27.0. The van der Waals surface area contributed by atoms with Gasteiger partial charge in [0, 0.05) is 20.6 Å². The quantitative estimate of drug-likeness (QED) is 0.480. The Kier molecular flexibility index (Phi) is 11.4. The van der Waals surface area contributed by atoms with E-state index in [0.717, 1.165) is 11.3 Å². The monoisotopic (exact) mass is 415 g/mol. The lowest BCUT2D eigenvalue weighted by molar-refractivity contribution is -0.143. The van der Waals surface area contributed by atoms with Crippen LogP contribution in [0.25, 0.3) is 0 Å². The van der Waals surface area contributed by atoms with Crippen molar-refractivity contribution in [2.24, 2.45) is 11.8 Å². The molecule has 0 fully saturated rings. The number of ether oxygens (including phenoxy) is 1. The smallest absolute Gasteiger partial charge is 0.245 e. The van der Waals surface area contributed by atoms with Gasteiger partial charge in [-0.05, 0) is 44.5 Å². The van der Waals surface area contributed by atoms with E-state index in [0.29, 0.717) is 6.42 Å². The molecule has 0 aromatic carbocycles. The molecule has 0 rings (SSSR count). The number of likely N-dealkylation sites (N-methyl/N-ethyl adjacent to an activating group) is 2. The van der Waals surface area contributed by atoms with Crippen molar-refractivity contribution in [3.8, 4) is 0 Å². The van der Waals surface area contributed by atoms with E-state index in [1.807, 2.05) is 20.8 Å². The van der Waals surface area contributed by atoms with E-state index in [1.165, 1.54) is 0 Å². The Bertz CT molecular complexity index is 537. The summed E-state index contributed by atoms with van der Waals surface area (Å²) in [5, 5.41) is 5.92. The average Bonchev–Trinajstić information content (AvgIpc) is 2.63. The Balaban J connectivity index is 5.73. The highest BCUT2D eigenvalue weighted by atomic mass is 32.1. The summed E-state index contributed by atoms with van der Waals surface area (Å²) in [7, 11) is 5.19. The molecule has 28 heavy (non-hydrogen) atoms. The average molecular weight is 416 g/mol. The predicted octanol–water partition coefficient (Wildman–Crippen LogP) is 2.79. The number of hydrogen-bond acceptors (Lipinski definition) is 5. The van der Waals surface area contributed by atoms with Crippen molar-refractivity contribution in [2.75, 3.05) is 21.2 Å². The number of carbonyl (C=O) groups is 2. The van der Waals surface area contributed by atoms with Gasteiger partial charge in [0.1, 0.15) is 6.04 Å². The van der Waals surface area contributed by atoms with E-state index in [9.17, 15) is 9.59 Å². The van der Waals surface area contributed by atoms with Crippen LogP contribution >= 0.6 is 12.2 Å². The number of thiocarbonyl (C=S) groups is 1. The third-order valence-corrected chi connectivity index (χ3v) is 5.77. The standard InChI is InChI=1S/C21H41N3O3S/c1-11-14(4)18(16(27-10)12-15(5)28)24(9)19(25)17(13(2)3)23-20(26)21(6,7)22-8/h13-14,16-18,22H,11-12H2,1-10H3,(H,23,26)/t14-,16+,17-,18-/m0/s1. The zero-order valence-electron chi connectivity index (χ0n) is 19.4.